The van der Waals surface area contributed by atoms with Crippen molar-refractivity contribution in [3.8, 4) is 5.13 Å². The van der Waals surface area contributed by atoms with E-state index in [9.17, 15) is 0 Å². The number of benzene rings is 2. The monoisotopic (exact) mass is 354 g/mol. The second-order valence-electron chi connectivity index (χ2n) is 5.03. The summed E-state index contributed by atoms with van der Waals surface area (Å²) in [6.45, 7) is 0. The number of nitrogens with one attached hydrogen (secondary N) is 1. The Morgan fingerprint density at radius 3 is 2.83 bits per heavy atom. The van der Waals surface area contributed by atoms with E-state index in [0.717, 1.165) is 15.9 Å². The predicted octanol–water partition coefficient (Wildman–Crippen LogP) is 3.92. The van der Waals surface area contributed by atoms with Crippen LogP contribution in [0.1, 0.15) is 0 Å². The van der Waals surface area contributed by atoms with Gasteiger partial charge < -0.3 is 11.1 Å². The second kappa shape index (κ2) is 6.14. The van der Waals surface area contributed by atoms with Gasteiger partial charge in [-0.05, 0) is 36.6 Å². The highest BCUT2D eigenvalue weighted by molar-refractivity contribution is 7.98. The zero-order chi connectivity index (χ0) is 16.5. The molecule has 0 atom stereocenters. The summed E-state index contributed by atoms with van der Waals surface area (Å²) in [6, 6.07) is 16.0. The van der Waals surface area contributed by atoms with Gasteiger partial charge >= 0.3 is 0 Å². The highest BCUT2D eigenvalue weighted by atomic mass is 32.2. The minimum Gasteiger partial charge on any atom is -0.368 e. The zero-order valence-corrected chi connectivity index (χ0v) is 14.4. The van der Waals surface area contributed by atoms with E-state index in [2.05, 4.69) is 26.4 Å². The number of nitrogens with two attached hydrogens (primary N) is 1. The third kappa shape index (κ3) is 2.81. The summed E-state index contributed by atoms with van der Waals surface area (Å²) in [5.74, 6) is 0.752. The molecule has 24 heavy (non-hydrogen) atoms. The van der Waals surface area contributed by atoms with Gasteiger partial charge in [-0.2, -0.15) is 9.67 Å². The first kappa shape index (κ1) is 15.0. The van der Waals surface area contributed by atoms with Crippen molar-refractivity contribution in [2.75, 3.05) is 17.3 Å². The molecule has 0 aliphatic heterocycles. The molecule has 4 rings (SSSR count). The molecular formula is C16H14N6S2. The van der Waals surface area contributed by atoms with Crippen molar-refractivity contribution >= 4 is 50.9 Å². The van der Waals surface area contributed by atoms with Gasteiger partial charge in [0.15, 0.2) is 0 Å². The number of nitrogens with zero attached hydrogens (tertiary/aromatic N) is 4. The topological polar surface area (TPSA) is 81.6 Å². The largest absolute Gasteiger partial charge is 0.368 e. The van der Waals surface area contributed by atoms with Crippen LogP contribution in [0.25, 0.3) is 15.3 Å². The Balaban J connectivity index is 1.66. The third-order valence-electron chi connectivity index (χ3n) is 3.42. The lowest BCUT2D eigenvalue weighted by molar-refractivity contribution is 0.886. The Morgan fingerprint density at radius 2 is 2.00 bits per heavy atom. The standard InChI is InChI=1S/C16H14N6S2/c1-23-11-6-4-5-10(9-11)18-15-20-14(17)22(21-15)16-19-12-7-2-3-8-13(12)24-16/h2-9H,1H3,(H3,17,18,20,21). The molecule has 0 amide bonds. The van der Waals surface area contributed by atoms with E-state index in [-0.39, 0.29) is 0 Å². The number of para-hydroxylation sites is 1. The quantitative estimate of drug-likeness (QED) is 0.541. The first-order chi connectivity index (χ1) is 11.7. The highest BCUT2D eigenvalue weighted by Crippen LogP contribution is 2.27. The lowest BCUT2D eigenvalue weighted by Gasteiger charge is -2.03. The molecule has 0 radical (unpaired) electrons. The molecule has 0 aliphatic carbocycles. The zero-order valence-electron chi connectivity index (χ0n) is 12.8. The van der Waals surface area contributed by atoms with E-state index < -0.39 is 0 Å². The van der Waals surface area contributed by atoms with Crippen molar-refractivity contribution in [1.82, 2.24) is 19.7 Å². The smallest absolute Gasteiger partial charge is 0.248 e. The lowest BCUT2D eigenvalue weighted by Crippen LogP contribution is -2.01. The maximum atomic E-state index is 6.02. The minimum absolute atomic E-state index is 0.303. The molecule has 4 aromatic rings. The van der Waals surface area contributed by atoms with Gasteiger partial charge in [0.2, 0.25) is 17.0 Å². The van der Waals surface area contributed by atoms with E-state index in [1.54, 1.807) is 16.4 Å². The number of anilines is 3. The summed E-state index contributed by atoms with van der Waals surface area (Å²) in [5, 5.41) is 8.32. The van der Waals surface area contributed by atoms with Gasteiger partial charge in [0.25, 0.3) is 0 Å². The average Bonchev–Trinajstić information content (AvgIpc) is 3.18. The number of hydrogen-bond acceptors (Lipinski definition) is 7. The Bertz CT molecular complexity index is 974. The molecular weight excluding hydrogens is 340 g/mol. The number of fused-ring (bicyclic) bond motifs is 1. The SMILES string of the molecule is CSc1cccc(Nc2nc(N)n(-c3nc4ccccc4s3)n2)c1. The van der Waals surface area contributed by atoms with Gasteiger partial charge in [0.1, 0.15) is 0 Å². The van der Waals surface area contributed by atoms with Gasteiger partial charge in [-0.3, -0.25) is 0 Å². The Labute approximate surface area is 146 Å². The van der Waals surface area contributed by atoms with E-state index in [1.807, 2.05) is 48.7 Å². The van der Waals surface area contributed by atoms with Crippen molar-refractivity contribution in [1.29, 1.82) is 0 Å². The molecule has 6 nitrogen and oxygen atoms in total. The fourth-order valence-electron chi connectivity index (χ4n) is 2.30. The van der Waals surface area contributed by atoms with Gasteiger partial charge in [-0.1, -0.05) is 29.5 Å². The molecule has 0 unspecified atom stereocenters. The van der Waals surface area contributed by atoms with Crippen LogP contribution in [0, 0.1) is 0 Å². The van der Waals surface area contributed by atoms with Crippen molar-refractivity contribution < 1.29 is 0 Å². The van der Waals surface area contributed by atoms with Crippen LogP contribution in [0.5, 0.6) is 0 Å². The number of thiazole rings is 1. The molecule has 0 aliphatic rings. The minimum atomic E-state index is 0.303. The van der Waals surface area contributed by atoms with Crippen LogP contribution in [0.4, 0.5) is 17.6 Å². The molecule has 120 valence electrons. The highest BCUT2D eigenvalue weighted by Gasteiger charge is 2.13. The number of nitrogen functional groups attached to an aromatic ring is 1. The summed E-state index contributed by atoms with van der Waals surface area (Å²) in [5.41, 5.74) is 7.86. The molecule has 0 bridgehead atoms. The average molecular weight is 354 g/mol. The summed E-state index contributed by atoms with van der Waals surface area (Å²) in [4.78, 5) is 10.0. The number of aromatic nitrogens is 4. The molecule has 2 aromatic carbocycles. The lowest BCUT2D eigenvalue weighted by atomic mass is 10.3. The van der Waals surface area contributed by atoms with Crippen LogP contribution in [0.15, 0.2) is 53.4 Å². The summed E-state index contributed by atoms with van der Waals surface area (Å²) < 4.78 is 2.65. The summed E-state index contributed by atoms with van der Waals surface area (Å²) in [7, 11) is 0. The molecule has 0 spiro atoms. The van der Waals surface area contributed by atoms with Crippen LogP contribution in [0.2, 0.25) is 0 Å². The van der Waals surface area contributed by atoms with Gasteiger partial charge in [-0.15, -0.1) is 16.9 Å². The first-order valence-electron chi connectivity index (χ1n) is 7.22. The van der Waals surface area contributed by atoms with E-state index >= 15 is 0 Å². The fraction of sp³-hybridized carbons (Fsp3) is 0.0625. The summed E-state index contributed by atoms with van der Waals surface area (Å²) >= 11 is 3.21. The Morgan fingerprint density at radius 1 is 1.12 bits per heavy atom. The molecule has 0 saturated carbocycles. The van der Waals surface area contributed by atoms with Crippen LogP contribution in [-0.4, -0.2) is 26.0 Å². The molecule has 2 heterocycles. The van der Waals surface area contributed by atoms with Crippen molar-refractivity contribution in [2.45, 2.75) is 4.90 Å². The number of rotatable bonds is 4. The number of thioether (sulfide) groups is 1. The Hall–Kier alpha value is -2.58. The van der Waals surface area contributed by atoms with Crippen LogP contribution in [0.3, 0.4) is 0 Å². The van der Waals surface area contributed by atoms with Gasteiger partial charge in [0.05, 0.1) is 10.2 Å². The van der Waals surface area contributed by atoms with Crippen LogP contribution >= 0.6 is 23.1 Å². The molecule has 2 aromatic heterocycles. The van der Waals surface area contributed by atoms with E-state index in [1.165, 1.54) is 16.2 Å². The van der Waals surface area contributed by atoms with Crippen LogP contribution < -0.4 is 11.1 Å². The predicted molar refractivity (Wildman–Crippen MR) is 100 cm³/mol. The van der Waals surface area contributed by atoms with E-state index in [4.69, 9.17) is 5.73 Å². The van der Waals surface area contributed by atoms with Crippen molar-refractivity contribution in [3.63, 3.8) is 0 Å². The van der Waals surface area contributed by atoms with Crippen molar-refractivity contribution in [3.05, 3.63) is 48.5 Å². The third-order valence-corrected chi connectivity index (χ3v) is 5.16. The molecule has 3 N–H and O–H groups in total. The van der Waals surface area contributed by atoms with Gasteiger partial charge in [-0.25, -0.2) is 4.98 Å². The maximum absolute atomic E-state index is 6.02. The second-order valence-corrected chi connectivity index (χ2v) is 6.92. The fourth-order valence-corrected chi connectivity index (χ4v) is 3.68. The van der Waals surface area contributed by atoms with Crippen LogP contribution in [-0.2, 0) is 0 Å². The Kier molecular flexibility index (Phi) is 3.83. The molecule has 0 fully saturated rings. The van der Waals surface area contributed by atoms with E-state index in [0.29, 0.717) is 17.0 Å². The maximum Gasteiger partial charge on any atom is 0.248 e. The molecule has 8 heteroatoms. The van der Waals surface area contributed by atoms with Gasteiger partial charge in [0, 0.05) is 10.6 Å². The van der Waals surface area contributed by atoms with Crippen molar-refractivity contribution in [2.24, 2.45) is 0 Å². The molecule has 0 saturated heterocycles. The normalized spacial score (nSPS) is 11.0. The number of hydrogen-bond donors (Lipinski definition) is 2. The first-order valence-corrected chi connectivity index (χ1v) is 9.26. The summed E-state index contributed by atoms with van der Waals surface area (Å²) in [6.07, 6.45) is 2.04.